The highest BCUT2D eigenvalue weighted by atomic mass is 16.5. The molecule has 1 aromatic heterocycles. The molecule has 1 aromatic rings. The Hall–Kier alpha value is -1.37. The Morgan fingerprint density at radius 3 is 2.81 bits per heavy atom. The highest BCUT2D eigenvalue weighted by Gasteiger charge is 2.34. The molecule has 0 radical (unpaired) electrons. The Bertz CT molecular complexity index is 445. The number of hydrogen-bond donors (Lipinski definition) is 2. The lowest BCUT2D eigenvalue weighted by Gasteiger charge is -2.36. The van der Waals surface area contributed by atoms with E-state index in [1.807, 2.05) is 13.8 Å². The summed E-state index contributed by atoms with van der Waals surface area (Å²) in [5.41, 5.74) is 0.488. The van der Waals surface area contributed by atoms with E-state index in [9.17, 15) is 15.0 Å². The summed E-state index contributed by atoms with van der Waals surface area (Å²) in [5, 5.41) is 19.7. The zero-order valence-electron chi connectivity index (χ0n) is 12.4. The van der Waals surface area contributed by atoms with Gasteiger partial charge in [-0.15, -0.1) is 0 Å². The quantitative estimate of drug-likeness (QED) is 0.838. The van der Waals surface area contributed by atoms with Crippen molar-refractivity contribution in [3.63, 3.8) is 0 Å². The van der Waals surface area contributed by atoms with Crippen LogP contribution < -0.4 is 0 Å². The Morgan fingerprint density at radius 2 is 2.19 bits per heavy atom. The van der Waals surface area contributed by atoms with Crippen molar-refractivity contribution in [1.29, 1.82) is 0 Å². The molecule has 6 heteroatoms. The number of hydrogen-bond acceptors (Lipinski definition) is 5. The lowest BCUT2D eigenvalue weighted by Crippen LogP contribution is -2.50. The first kappa shape index (κ1) is 16.0. The Morgan fingerprint density at radius 1 is 1.43 bits per heavy atom. The van der Waals surface area contributed by atoms with E-state index in [1.165, 1.54) is 12.5 Å². The number of aliphatic hydroxyl groups excluding tert-OH is 2. The van der Waals surface area contributed by atoms with Gasteiger partial charge in [0.15, 0.2) is 0 Å². The first-order valence-electron chi connectivity index (χ1n) is 7.24. The van der Waals surface area contributed by atoms with Gasteiger partial charge in [-0.1, -0.05) is 13.8 Å². The molecule has 1 fully saturated rings. The smallest absolute Gasteiger partial charge is 0.257 e. The summed E-state index contributed by atoms with van der Waals surface area (Å²) in [6.45, 7) is 5.45. The number of nitrogens with zero attached hydrogens (tertiary/aromatic N) is 1. The SMILES string of the molecule is CC(C)CN(C[C@@H]1COC[C@@H](O)[C@H]1O)C(=O)c1ccoc1. The van der Waals surface area contributed by atoms with Crippen molar-refractivity contribution in [3.8, 4) is 0 Å². The van der Waals surface area contributed by atoms with Gasteiger partial charge in [-0.05, 0) is 12.0 Å². The summed E-state index contributed by atoms with van der Waals surface area (Å²) in [6.07, 6.45) is 1.11. The first-order valence-corrected chi connectivity index (χ1v) is 7.24. The lowest BCUT2D eigenvalue weighted by atomic mass is 9.95. The molecule has 0 unspecified atom stereocenters. The van der Waals surface area contributed by atoms with Crippen molar-refractivity contribution in [2.24, 2.45) is 11.8 Å². The predicted molar refractivity (Wildman–Crippen MR) is 75.8 cm³/mol. The third-order valence-electron chi connectivity index (χ3n) is 3.59. The van der Waals surface area contributed by atoms with E-state index in [1.54, 1.807) is 11.0 Å². The monoisotopic (exact) mass is 297 g/mol. The fourth-order valence-electron chi connectivity index (χ4n) is 2.55. The third-order valence-corrected chi connectivity index (χ3v) is 3.59. The van der Waals surface area contributed by atoms with Gasteiger partial charge in [-0.25, -0.2) is 0 Å². The minimum Gasteiger partial charge on any atom is -0.472 e. The standard InChI is InChI=1S/C15H23NO5/c1-10(2)5-16(15(19)11-3-4-20-7-11)6-12-8-21-9-13(17)14(12)18/h3-4,7,10,12-14,17-18H,5-6,8-9H2,1-2H3/t12-,13-,14+/m1/s1. The van der Waals surface area contributed by atoms with Gasteiger partial charge in [0.2, 0.25) is 0 Å². The van der Waals surface area contributed by atoms with Crippen LogP contribution in [0.4, 0.5) is 0 Å². The molecule has 6 nitrogen and oxygen atoms in total. The van der Waals surface area contributed by atoms with Crippen LogP contribution in [-0.2, 0) is 4.74 Å². The van der Waals surface area contributed by atoms with Gasteiger partial charge in [0.25, 0.3) is 5.91 Å². The van der Waals surface area contributed by atoms with E-state index in [-0.39, 0.29) is 18.4 Å². The number of rotatable bonds is 5. The number of carbonyl (C=O) groups excluding carboxylic acids is 1. The molecule has 0 bridgehead atoms. The number of furan rings is 1. The van der Waals surface area contributed by atoms with Crippen molar-refractivity contribution in [2.45, 2.75) is 26.1 Å². The summed E-state index contributed by atoms with van der Waals surface area (Å²) in [6, 6.07) is 1.62. The molecule has 0 aromatic carbocycles. The van der Waals surface area contributed by atoms with Crippen molar-refractivity contribution in [1.82, 2.24) is 4.90 Å². The van der Waals surface area contributed by atoms with Gasteiger partial charge in [0, 0.05) is 19.0 Å². The molecular formula is C15H23NO5. The summed E-state index contributed by atoms with van der Waals surface area (Å²) in [5.74, 6) is -0.125. The second-order valence-electron chi connectivity index (χ2n) is 5.97. The van der Waals surface area contributed by atoms with E-state index in [4.69, 9.17) is 9.15 Å². The molecule has 1 saturated heterocycles. The molecule has 1 aliphatic heterocycles. The van der Waals surface area contributed by atoms with Crippen LogP contribution in [0, 0.1) is 11.8 Å². The van der Waals surface area contributed by atoms with Gasteiger partial charge < -0.3 is 24.3 Å². The fraction of sp³-hybridized carbons (Fsp3) is 0.667. The van der Waals surface area contributed by atoms with Crippen molar-refractivity contribution in [3.05, 3.63) is 24.2 Å². The molecule has 0 saturated carbocycles. The molecule has 118 valence electrons. The third kappa shape index (κ3) is 4.06. The maximum atomic E-state index is 12.5. The van der Waals surface area contributed by atoms with E-state index in [2.05, 4.69) is 0 Å². The molecule has 2 N–H and O–H groups in total. The molecule has 21 heavy (non-hydrogen) atoms. The predicted octanol–water partition coefficient (Wildman–Crippen LogP) is 0.746. The molecule has 1 aliphatic rings. The number of amides is 1. The number of carbonyl (C=O) groups is 1. The van der Waals surface area contributed by atoms with Gasteiger partial charge in [-0.3, -0.25) is 4.79 Å². The second-order valence-corrected chi connectivity index (χ2v) is 5.97. The van der Waals surface area contributed by atoms with Crippen LogP contribution in [0.2, 0.25) is 0 Å². The Labute approximate surface area is 124 Å². The van der Waals surface area contributed by atoms with Gasteiger partial charge in [-0.2, -0.15) is 0 Å². The fourth-order valence-corrected chi connectivity index (χ4v) is 2.55. The molecule has 3 atom stereocenters. The summed E-state index contributed by atoms with van der Waals surface area (Å²) in [4.78, 5) is 14.2. The van der Waals surface area contributed by atoms with Crippen molar-refractivity contribution < 1.29 is 24.2 Å². The summed E-state index contributed by atoms with van der Waals surface area (Å²) >= 11 is 0. The van der Waals surface area contributed by atoms with Crippen molar-refractivity contribution in [2.75, 3.05) is 26.3 Å². The molecular weight excluding hydrogens is 274 g/mol. The minimum absolute atomic E-state index is 0.135. The van der Waals surface area contributed by atoms with E-state index >= 15 is 0 Å². The largest absolute Gasteiger partial charge is 0.472 e. The molecule has 2 rings (SSSR count). The van der Waals surface area contributed by atoms with Gasteiger partial charge in [0.1, 0.15) is 12.4 Å². The average Bonchev–Trinajstić information content (AvgIpc) is 2.95. The average molecular weight is 297 g/mol. The highest BCUT2D eigenvalue weighted by molar-refractivity contribution is 5.93. The van der Waals surface area contributed by atoms with Crippen LogP contribution in [0.25, 0.3) is 0 Å². The topological polar surface area (TPSA) is 83.1 Å². The van der Waals surface area contributed by atoms with Crippen LogP contribution in [0.5, 0.6) is 0 Å². The molecule has 0 aliphatic carbocycles. The highest BCUT2D eigenvalue weighted by Crippen LogP contribution is 2.19. The summed E-state index contributed by atoms with van der Waals surface area (Å²) < 4.78 is 10.2. The number of ether oxygens (including phenoxy) is 1. The normalized spacial score (nSPS) is 26.0. The number of aliphatic hydroxyl groups is 2. The van der Waals surface area contributed by atoms with Crippen LogP contribution in [-0.4, -0.2) is 59.5 Å². The summed E-state index contributed by atoms with van der Waals surface area (Å²) in [7, 11) is 0. The van der Waals surface area contributed by atoms with Gasteiger partial charge >= 0.3 is 0 Å². The van der Waals surface area contributed by atoms with Crippen LogP contribution in [0.1, 0.15) is 24.2 Å². The van der Waals surface area contributed by atoms with Crippen molar-refractivity contribution >= 4 is 5.91 Å². The van der Waals surface area contributed by atoms with E-state index in [0.29, 0.717) is 31.2 Å². The molecule has 0 spiro atoms. The maximum Gasteiger partial charge on any atom is 0.257 e. The Kier molecular flexibility index (Phi) is 5.39. The van der Waals surface area contributed by atoms with Crippen LogP contribution >= 0.6 is 0 Å². The zero-order valence-corrected chi connectivity index (χ0v) is 12.4. The molecule has 2 heterocycles. The zero-order chi connectivity index (χ0) is 15.4. The van der Waals surface area contributed by atoms with Gasteiger partial charge in [0.05, 0.1) is 31.1 Å². The van der Waals surface area contributed by atoms with Crippen LogP contribution in [0.15, 0.2) is 23.0 Å². The maximum absolute atomic E-state index is 12.5. The van der Waals surface area contributed by atoms with Crippen LogP contribution in [0.3, 0.4) is 0 Å². The minimum atomic E-state index is -0.895. The van der Waals surface area contributed by atoms with E-state index < -0.39 is 12.2 Å². The first-order chi connectivity index (χ1) is 9.99. The van der Waals surface area contributed by atoms with E-state index in [0.717, 1.165) is 0 Å². The Balaban J connectivity index is 2.07. The second kappa shape index (κ2) is 7.06. The molecule has 1 amide bonds. The lowest BCUT2D eigenvalue weighted by molar-refractivity contribution is -0.124.